The van der Waals surface area contributed by atoms with Crippen LogP contribution in [0.25, 0.3) is 0 Å². The highest BCUT2D eigenvalue weighted by molar-refractivity contribution is 5.89. The summed E-state index contributed by atoms with van der Waals surface area (Å²) in [6.45, 7) is 2.56. The number of likely N-dealkylation sites (tertiary alicyclic amines) is 1. The molecule has 44 heavy (non-hydrogen) atoms. The van der Waals surface area contributed by atoms with Crippen molar-refractivity contribution in [3.8, 4) is 0 Å². The van der Waals surface area contributed by atoms with Crippen molar-refractivity contribution in [2.75, 3.05) is 48.6 Å². The van der Waals surface area contributed by atoms with E-state index in [1.54, 1.807) is 45.6 Å². The molecule has 1 aromatic carbocycles. The van der Waals surface area contributed by atoms with E-state index in [2.05, 4.69) is 11.9 Å². The maximum atomic E-state index is 13.7. The smallest absolute Gasteiger partial charge is 0.338 e. The number of carbonyl (C=O) groups is 2. The van der Waals surface area contributed by atoms with Gasteiger partial charge in [-0.2, -0.15) is 0 Å². The van der Waals surface area contributed by atoms with Crippen molar-refractivity contribution in [1.82, 2.24) is 4.90 Å². The molecule has 2 N–H and O–H groups in total. The van der Waals surface area contributed by atoms with E-state index in [1.165, 1.54) is 14.0 Å². The van der Waals surface area contributed by atoms with Crippen molar-refractivity contribution in [3.05, 3.63) is 35.9 Å². The Morgan fingerprint density at radius 1 is 1.02 bits per heavy atom. The predicted octanol–water partition coefficient (Wildman–Crippen LogP) is 1.29. The van der Waals surface area contributed by atoms with Crippen LogP contribution in [0.2, 0.25) is 0 Å². The van der Waals surface area contributed by atoms with E-state index >= 15 is 0 Å². The fourth-order valence-corrected chi connectivity index (χ4v) is 12.3. The average Bonchev–Trinajstić information content (AvgIpc) is 3.39. The molecule has 1 aromatic rings. The Morgan fingerprint density at radius 3 is 2.36 bits per heavy atom. The standard InChI is InChI=1S/C33H45NO10/c1-17(35)44-33-21-19(14-31(38,28(42-6)26(33)36)27(21)43-29(37)18-10-8-7-9-11-18)32-20(40-4)12-13-30(16-39-3)15-34(2)25(32)22(33)23(41-5)24(30)32/h7-11,19-28,36,38H,12-16H2,1-6H3/t19?,20-,21?,22-,23-,24?,25?,26-,27?,28-,30-,31?,32-,33+/m0/s1. The van der Waals surface area contributed by atoms with E-state index in [4.69, 9.17) is 28.4 Å². The number of fused-ring (bicyclic) bond motifs is 2. The van der Waals surface area contributed by atoms with Crippen LogP contribution in [-0.4, -0.2) is 123 Å². The molecule has 7 bridgehead atoms. The third-order valence-electron chi connectivity index (χ3n) is 12.8. The molecule has 1 aliphatic heterocycles. The summed E-state index contributed by atoms with van der Waals surface area (Å²) in [6, 6.07) is 8.39. The topological polar surface area (TPSA) is 133 Å². The third kappa shape index (κ3) is 3.41. The first-order valence-electron chi connectivity index (χ1n) is 15.7. The van der Waals surface area contributed by atoms with Crippen LogP contribution in [0.15, 0.2) is 30.3 Å². The number of piperidine rings is 1. The first kappa shape index (κ1) is 30.5. The van der Waals surface area contributed by atoms with Crippen LogP contribution in [-0.2, 0) is 33.2 Å². The minimum Gasteiger partial charge on any atom is -0.455 e. The summed E-state index contributed by atoms with van der Waals surface area (Å²) in [5.74, 6) is -2.96. The number of carbonyl (C=O) groups excluding carboxylic acids is 2. The fourth-order valence-electron chi connectivity index (χ4n) is 12.3. The number of nitrogens with zero attached hydrogens (tertiary/aromatic N) is 1. The molecule has 11 heteroatoms. The minimum atomic E-state index is -1.76. The third-order valence-corrected chi connectivity index (χ3v) is 12.8. The van der Waals surface area contributed by atoms with Crippen molar-refractivity contribution in [1.29, 1.82) is 0 Å². The van der Waals surface area contributed by atoms with Crippen LogP contribution in [0, 0.1) is 34.5 Å². The molecule has 6 unspecified atom stereocenters. The highest BCUT2D eigenvalue weighted by Crippen LogP contribution is 2.80. The zero-order valence-electron chi connectivity index (χ0n) is 26.3. The van der Waals surface area contributed by atoms with Gasteiger partial charge in [0.15, 0.2) is 5.60 Å². The quantitative estimate of drug-likeness (QED) is 0.410. The first-order chi connectivity index (χ1) is 21.0. The molecule has 5 saturated carbocycles. The summed E-state index contributed by atoms with van der Waals surface area (Å²) >= 11 is 0. The number of esters is 2. The van der Waals surface area contributed by atoms with Crippen molar-refractivity contribution >= 4 is 11.9 Å². The van der Waals surface area contributed by atoms with Crippen LogP contribution in [0.5, 0.6) is 0 Å². The number of hydrogen-bond donors (Lipinski definition) is 2. The monoisotopic (exact) mass is 615 g/mol. The molecule has 6 aliphatic rings. The number of methoxy groups -OCH3 is 4. The molecule has 242 valence electrons. The van der Waals surface area contributed by atoms with Crippen LogP contribution >= 0.6 is 0 Å². The van der Waals surface area contributed by atoms with Gasteiger partial charge < -0.3 is 43.5 Å². The summed E-state index contributed by atoms with van der Waals surface area (Å²) < 4.78 is 37.5. The van der Waals surface area contributed by atoms with Crippen molar-refractivity contribution in [3.63, 3.8) is 0 Å². The Labute approximate surface area is 258 Å². The molecule has 5 aliphatic carbocycles. The van der Waals surface area contributed by atoms with E-state index < -0.39 is 64.8 Å². The lowest BCUT2D eigenvalue weighted by Crippen LogP contribution is -2.80. The maximum Gasteiger partial charge on any atom is 0.338 e. The highest BCUT2D eigenvalue weighted by Gasteiger charge is 2.91. The normalized spacial score (nSPS) is 49.9. The second-order valence-corrected chi connectivity index (χ2v) is 14.2. The molecule has 0 amide bonds. The molecule has 1 heterocycles. The Bertz CT molecular complexity index is 1310. The van der Waals surface area contributed by atoms with Gasteiger partial charge in [-0.05, 0) is 44.4 Å². The largest absolute Gasteiger partial charge is 0.455 e. The molecule has 6 fully saturated rings. The van der Waals surface area contributed by atoms with Gasteiger partial charge in [0.1, 0.15) is 23.9 Å². The molecule has 0 aromatic heterocycles. The molecule has 14 atom stereocenters. The molecule has 7 rings (SSSR count). The maximum absolute atomic E-state index is 13.7. The van der Waals surface area contributed by atoms with Gasteiger partial charge >= 0.3 is 11.9 Å². The zero-order chi connectivity index (χ0) is 31.4. The van der Waals surface area contributed by atoms with Crippen LogP contribution in [0.1, 0.15) is 36.5 Å². The van der Waals surface area contributed by atoms with E-state index in [0.717, 1.165) is 19.4 Å². The predicted molar refractivity (Wildman–Crippen MR) is 154 cm³/mol. The lowest BCUT2D eigenvalue weighted by molar-refractivity contribution is -0.316. The van der Waals surface area contributed by atoms with E-state index in [1.807, 2.05) is 6.07 Å². The van der Waals surface area contributed by atoms with Gasteiger partial charge in [0, 0.05) is 76.5 Å². The van der Waals surface area contributed by atoms with E-state index in [-0.39, 0.29) is 35.8 Å². The molecule has 11 nitrogen and oxygen atoms in total. The number of rotatable bonds is 8. The summed E-state index contributed by atoms with van der Waals surface area (Å²) in [7, 11) is 8.63. The van der Waals surface area contributed by atoms with E-state index in [0.29, 0.717) is 12.2 Å². The number of ether oxygens (including phenoxy) is 6. The molecule has 0 radical (unpaired) electrons. The number of aliphatic hydroxyl groups is 2. The van der Waals surface area contributed by atoms with Gasteiger partial charge in [0.25, 0.3) is 0 Å². The van der Waals surface area contributed by atoms with Crippen molar-refractivity contribution in [2.24, 2.45) is 34.5 Å². The van der Waals surface area contributed by atoms with Gasteiger partial charge in [-0.1, -0.05) is 18.2 Å². The lowest BCUT2D eigenvalue weighted by atomic mass is 9.43. The molecular weight excluding hydrogens is 570 g/mol. The molecule has 1 saturated heterocycles. The van der Waals surface area contributed by atoms with Gasteiger partial charge in [-0.15, -0.1) is 0 Å². The summed E-state index contributed by atoms with van der Waals surface area (Å²) in [5, 5.41) is 25.1. The Hall–Kier alpha value is -2.12. The number of benzene rings is 1. The first-order valence-corrected chi connectivity index (χ1v) is 15.7. The minimum absolute atomic E-state index is 0.103. The van der Waals surface area contributed by atoms with Crippen molar-refractivity contribution in [2.45, 2.75) is 73.9 Å². The lowest BCUT2D eigenvalue weighted by Gasteiger charge is -2.69. The van der Waals surface area contributed by atoms with Gasteiger partial charge in [-0.3, -0.25) is 4.79 Å². The number of aliphatic hydroxyl groups excluding tert-OH is 1. The summed E-state index contributed by atoms with van der Waals surface area (Å²) in [4.78, 5) is 29.2. The SMILES string of the molecule is COC[C@]12CC[C@H](OC)[C@]34C5CC6(O)C(OC(=O)c7ccccc7)C5[C@@](OC(C)=O)([C@H](C3N(C)C1)[C@H](OC)C24)[C@@H](O)[C@@H]6OC. The number of hydrogen-bond acceptors (Lipinski definition) is 11. The van der Waals surface area contributed by atoms with Crippen LogP contribution in [0.3, 0.4) is 0 Å². The Kier molecular flexibility index (Phi) is 7.07. The fraction of sp³-hybridized carbons (Fsp3) is 0.758. The van der Waals surface area contributed by atoms with Gasteiger partial charge in [0.2, 0.25) is 0 Å². The van der Waals surface area contributed by atoms with E-state index in [9.17, 15) is 19.8 Å². The highest BCUT2D eigenvalue weighted by atomic mass is 16.6. The summed E-state index contributed by atoms with van der Waals surface area (Å²) in [6.07, 6.45) is -2.66. The van der Waals surface area contributed by atoms with Crippen molar-refractivity contribution < 1.29 is 48.2 Å². The van der Waals surface area contributed by atoms with Crippen LogP contribution in [0.4, 0.5) is 0 Å². The molecular formula is C33H45NO10. The van der Waals surface area contributed by atoms with Gasteiger partial charge in [-0.25, -0.2) is 4.79 Å². The van der Waals surface area contributed by atoms with Crippen LogP contribution < -0.4 is 0 Å². The van der Waals surface area contributed by atoms with Gasteiger partial charge in [0.05, 0.1) is 24.4 Å². The zero-order valence-corrected chi connectivity index (χ0v) is 26.3. The second-order valence-electron chi connectivity index (χ2n) is 14.2. The molecule has 1 spiro atoms. The Morgan fingerprint density at radius 2 is 1.75 bits per heavy atom. The Balaban J connectivity index is 1.51. The average molecular weight is 616 g/mol. The second kappa shape index (κ2) is 10.2. The summed E-state index contributed by atoms with van der Waals surface area (Å²) in [5.41, 5.74) is -3.93.